The lowest BCUT2D eigenvalue weighted by Gasteiger charge is -2.30. The minimum Gasteiger partial charge on any atom is -0.341 e. The molecule has 4 unspecified atom stereocenters. The number of halogens is 1. The number of carbonyl (C=O) groups is 2. The normalized spacial score (nSPS) is 30.9. The second-order valence-corrected chi connectivity index (χ2v) is 5.72. The van der Waals surface area contributed by atoms with E-state index in [1.165, 1.54) is 19.9 Å². The van der Waals surface area contributed by atoms with Gasteiger partial charge in [-0.3, -0.25) is 15.0 Å². The zero-order chi connectivity index (χ0) is 14.0. The average Bonchev–Trinajstić information content (AvgIpc) is 2.83. The molecule has 2 fully saturated rings. The number of fused-ring (bicyclic) bond motifs is 1. The van der Waals surface area contributed by atoms with Crippen molar-refractivity contribution in [2.45, 2.75) is 38.3 Å². The monoisotopic (exact) mass is 304 g/mol. The highest BCUT2D eigenvalue weighted by molar-refractivity contribution is 5.96. The molecule has 7 heteroatoms. The largest absolute Gasteiger partial charge is 0.341 e. The van der Waals surface area contributed by atoms with Crippen LogP contribution in [0.1, 0.15) is 26.2 Å². The number of nitrogens with two attached hydrogens (primary N) is 1. The van der Waals surface area contributed by atoms with Crippen molar-refractivity contribution in [1.29, 1.82) is 0 Å². The van der Waals surface area contributed by atoms with E-state index in [1.807, 2.05) is 6.92 Å². The van der Waals surface area contributed by atoms with Gasteiger partial charge >= 0.3 is 6.03 Å². The van der Waals surface area contributed by atoms with Crippen LogP contribution in [0.5, 0.6) is 0 Å². The molecule has 0 aromatic rings. The first-order valence-corrected chi connectivity index (χ1v) is 7.05. The summed E-state index contributed by atoms with van der Waals surface area (Å²) < 4.78 is 0. The van der Waals surface area contributed by atoms with Gasteiger partial charge in [-0.1, -0.05) is 6.42 Å². The van der Waals surface area contributed by atoms with Crippen molar-refractivity contribution in [3.05, 3.63) is 0 Å². The number of likely N-dealkylation sites (tertiary alicyclic amines) is 1. The van der Waals surface area contributed by atoms with Gasteiger partial charge in [0.25, 0.3) is 0 Å². The van der Waals surface area contributed by atoms with E-state index < -0.39 is 6.03 Å². The van der Waals surface area contributed by atoms with E-state index >= 15 is 0 Å². The van der Waals surface area contributed by atoms with Crippen molar-refractivity contribution in [3.63, 3.8) is 0 Å². The summed E-state index contributed by atoms with van der Waals surface area (Å²) in [5.74, 6) is 0.870. The lowest BCUT2D eigenvalue weighted by atomic mass is 9.78. The van der Waals surface area contributed by atoms with Crippen molar-refractivity contribution in [2.24, 2.45) is 17.6 Å². The van der Waals surface area contributed by atoms with Gasteiger partial charge in [0.2, 0.25) is 5.91 Å². The van der Waals surface area contributed by atoms with E-state index in [9.17, 15) is 9.59 Å². The van der Waals surface area contributed by atoms with Crippen LogP contribution in [0.25, 0.3) is 0 Å². The summed E-state index contributed by atoms with van der Waals surface area (Å²) >= 11 is 0. The maximum atomic E-state index is 11.9. The third kappa shape index (κ3) is 3.62. The van der Waals surface area contributed by atoms with Gasteiger partial charge < -0.3 is 11.1 Å². The number of amides is 3. The standard InChI is InChI=1S/C13H24N4O2.ClH/c1-8(12(18)16-13(19)15-2)17-6-9-4-3-5-11(14)10(9)7-17;/h8-11H,3-7,14H2,1-2H3,(H2,15,16,18,19);1H. The van der Waals surface area contributed by atoms with E-state index in [1.54, 1.807) is 0 Å². The van der Waals surface area contributed by atoms with Crippen LogP contribution in [-0.4, -0.2) is 49.1 Å². The quantitative estimate of drug-likeness (QED) is 0.685. The van der Waals surface area contributed by atoms with Crippen LogP contribution in [-0.2, 0) is 4.79 Å². The number of hydrogen-bond donors (Lipinski definition) is 3. The van der Waals surface area contributed by atoms with Crippen LogP contribution in [0.4, 0.5) is 4.79 Å². The molecule has 0 aromatic heterocycles. The molecule has 2 rings (SSSR count). The smallest absolute Gasteiger partial charge is 0.321 e. The van der Waals surface area contributed by atoms with Crippen molar-refractivity contribution in [2.75, 3.05) is 20.1 Å². The third-order valence-electron chi connectivity index (χ3n) is 4.57. The number of nitrogens with zero attached hydrogens (tertiary/aromatic N) is 1. The van der Waals surface area contributed by atoms with Crippen molar-refractivity contribution in [3.8, 4) is 0 Å². The molecule has 0 radical (unpaired) electrons. The molecule has 2 aliphatic rings. The Balaban J connectivity index is 0.00000200. The van der Waals surface area contributed by atoms with E-state index in [4.69, 9.17) is 5.73 Å². The van der Waals surface area contributed by atoms with E-state index in [0.717, 1.165) is 19.5 Å². The Hall–Kier alpha value is -0.850. The van der Waals surface area contributed by atoms with E-state index in [0.29, 0.717) is 11.8 Å². The maximum absolute atomic E-state index is 11.9. The molecule has 3 amide bonds. The Morgan fingerprint density at radius 3 is 2.60 bits per heavy atom. The summed E-state index contributed by atoms with van der Waals surface area (Å²) in [6.07, 6.45) is 3.49. The second-order valence-electron chi connectivity index (χ2n) is 5.72. The maximum Gasteiger partial charge on any atom is 0.321 e. The summed E-state index contributed by atoms with van der Waals surface area (Å²) in [6, 6.07) is -0.474. The molecule has 1 aliphatic heterocycles. The molecule has 1 aliphatic carbocycles. The fourth-order valence-corrected chi connectivity index (χ4v) is 3.31. The molecule has 6 nitrogen and oxygen atoms in total. The second kappa shape index (κ2) is 7.24. The summed E-state index contributed by atoms with van der Waals surface area (Å²) in [5, 5.41) is 4.73. The van der Waals surface area contributed by atoms with Crippen molar-refractivity contribution < 1.29 is 9.59 Å². The molecule has 1 saturated heterocycles. The fraction of sp³-hybridized carbons (Fsp3) is 0.846. The number of imide groups is 1. The lowest BCUT2D eigenvalue weighted by molar-refractivity contribution is -0.124. The molecule has 0 spiro atoms. The van der Waals surface area contributed by atoms with Crippen LogP contribution in [0.15, 0.2) is 0 Å². The molecule has 20 heavy (non-hydrogen) atoms. The predicted octanol–water partition coefficient (Wildman–Crippen LogP) is 0.312. The number of hydrogen-bond acceptors (Lipinski definition) is 4. The van der Waals surface area contributed by atoms with Gasteiger partial charge in [0.1, 0.15) is 0 Å². The topological polar surface area (TPSA) is 87.5 Å². The highest BCUT2D eigenvalue weighted by atomic mass is 35.5. The minimum absolute atomic E-state index is 0. The summed E-state index contributed by atoms with van der Waals surface area (Å²) in [7, 11) is 1.50. The molecular formula is C13H25ClN4O2. The highest BCUT2D eigenvalue weighted by Crippen LogP contribution is 2.36. The van der Waals surface area contributed by atoms with Gasteiger partial charge in [0.15, 0.2) is 0 Å². The number of urea groups is 1. The SMILES string of the molecule is CNC(=O)NC(=O)C(C)N1CC2CCCC(N)C2C1.Cl. The molecular weight excluding hydrogens is 280 g/mol. The highest BCUT2D eigenvalue weighted by Gasteiger charge is 2.41. The average molecular weight is 305 g/mol. The Kier molecular flexibility index (Phi) is 6.23. The van der Waals surface area contributed by atoms with Crippen LogP contribution in [0.3, 0.4) is 0 Å². The van der Waals surface area contributed by atoms with Crippen LogP contribution < -0.4 is 16.4 Å². The van der Waals surface area contributed by atoms with Gasteiger partial charge in [-0.25, -0.2) is 4.79 Å². The van der Waals surface area contributed by atoms with Gasteiger partial charge in [0, 0.05) is 26.2 Å². The number of nitrogens with one attached hydrogen (secondary N) is 2. The molecule has 4 N–H and O–H groups in total. The molecule has 0 bridgehead atoms. The number of rotatable bonds is 2. The summed E-state index contributed by atoms with van der Waals surface area (Å²) in [5.41, 5.74) is 6.17. The lowest BCUT2D eigenvalue weighted by Crippen LogP contribution is -2.48. The van der Waals surface area contributed by atoms with Crippen LogP contribution >= 0.6 is 12.4 Å². The molecule has 4 atom stereocenters. The van der Waals surface area contributed by atoms with E-state index in [2.05, 4.69) is 15.5 Å². The zero-order valence-electron chi connectivity index (χ0n) is 12.1. The van der Waals surface area contributed by atoms with Crippen LogP contribution in [0.2, 0.25) is 0 Å². The number of carbonyl (C=O) groups excluding carboxylic acids is 2. The zero-order valence-corrected chi connectivity index (χ0v) is 12.9. The van der Waals surface area contributed by atoms with Gasteiger partial charge in [-0.15, -0.1) is 12.4 Å². The van der Waals surface area contributed by atoms with Gasteiger partial charge in [-0.2, -0.15) is 0 Å². The van der Waals surface area contributed by atoms with Crippen LogP contribution in [0, 0.1) is 11.8 Å². The Morgan fingerprint density at radius 2 is 2.00 bits per heavy atom. The molecule has 1 heterocycles. The fourth-order valence-electron chi connectivity index (χ4n) is 3.31. The predicted molar refractivity (Wildman–Crippen MR) is 79.7 cm³/mol. The Bertz CT molecular complexity index is 366. The van der Waals surface area contributed by atoms with Crippen molar-refractivity contribution >= 4 is 24.3 Å². The van der Waals surface area contributed by atoms with Gasteiger partial charge in [-0.05, 0) is 31.6 Å². The molecule has 0 aromatic carbocycles. The Morgan fingerprint density at radius 1 is 1.30 bits per heavy atom. The molecule has 1 saturated carbocycles. The van der Waals surface area contributed by atoms with Crippen molar-refractivity contribution in [1.82, 2.24) is 15.5 Å². The minimum atomic E-state index is -0.454. The first-order valence-electron chi connectivity index (χ1n) is 7.05. The first-order chi connectivity index (χ1) is 9.02. The third-order valence-corrected chi connectivity index (χ3v) is 4.57. The summed E-state index contributed by atoms with van der Waals surface area (Å²) in [6.45, 7) is 3.63. The Labute approximate surface area is 126 Å². The van der Waals surface area contributed by atoms with E-state index in [-0.39, 0.29) is 30.4 Å². The van der Waals surface area contributed by atoms with Gasteiger partial charge in [0.05, 0.1) is 6.04 Å². The first kappa shape index (κ1) is 17.2. The summed E-state index contributed by atoms with van der Waals surface area (Å²) in [4.78, 5) is 25.3. The molecule has 116 valence electrons.